The summed E-state index contributed by atoms with van der Waals surface area (Å²) in [6, 6.07) is 5.92. The fraction of sp³-hybridized carbons (Fsp3) is 0.375. The van der Waals surface area contributed by atoms with Crippen LogP contribution in [-0.2, 0) is 11.2 Å². The summed E-state index contributed by atoms with van der Waals surface area (Å²) in [6.45, 7) is 8.51. The SMILES string of the molecule is CCNc1cc(C)ccc1NC(=O)Cc1c(C)noc1C. The topological polar surface area (TPSA) is 67.2 Å². The zero-order chi connectivity index (χ0) is 15.4. The molecule has 1 amide bonds. The second-order valence-electron chi connectivity index (χ2n) is 5.11. The van der Waals surface area contributed by atoms with Crippen LogP contribution in [0.4, 0.5) is 11.4 Å². The molecule has 0 radical (unpaired) electrons. The van der Waals surface area contributed by atoms with E-state index in [4.69, 9.17) is 4.52 Å². The van der Waals surface area contributed by atoms with E-state index in [2.05, 4.69) is 15.8 Å². The number of hydrogen-bond acceptors (Lipinski definition) is 4. The van der Waals surface area contributed by atoms with Crippen molar-refractivity contribution < 1.29 is 9.32 Å². The summed E-state index contributed by atoms with van der Waals surface area (Å²) in [5.74, 6) is 0.617. The molecule has 1 aromatic carbocycles. The van der Waals surface area contributed by atoms with Crippen molar-refractivity contribution in [2.75, 3.05) is 17.2 Å². The second kappa shape index (κ2) is 6.43. The molecule has 2 N–H and O–H groups in total. The Morgan fingerprint density at radius 1 is 1.24 bits per heavy atom. The number of carbonyl (C=O) groups is 1. The van der Waals surface area contributed by atoms with E-state index in [-0.39, 0.29) is 12.3 Å². The van der Waals surface area contributed by atoms with Gasteiger partial charge in [-0.05, 0) is 45.4 Å². The standard InChI is InChI=1S/C16H21N3O2/c1-5-17-15-8-10(2)6-7-14(15)18-16(20)9-13-11(3)19-21-12(13)4/h6-8,17H,5,9H2,1-4H3,(H,18,20). The fourth-order valence-electron chi connectivity index (χ4n) is 2.21. The first-order valence-corrected chi connectivity index (χ1v) is 7.07. The van der Waals surface area contributed by atoms with Gasteiger partial charge in [0.05, 0.1) is 23.5 Å². The van der Waals surface area contributed by atoms with Crippen molar-refractivity contribution >= 4 is 17.3 Å². The van der Waals surface area contributed by atoms with Crippen LogP contribution in [0.2, 0.25) is 0 Å². The van der Waals surface area contributed by atoms with Crippen molar-refractivity contribution in [1.29, 1.82) is 0 Å². The Bertz CT molecular complexity index is 627. The molecule has 21 heavy (non-hydrogen) atoms. The van der Waals surface area contributed by atoms with Gasteiger partial charge in [-0.2, -0.15) is 0 Å². The Balaban J connectivity index is 2.13. The quantitative estimate of drug-likeness (QED) is 0.886. The zero-order valence-electron chi connectivity index (χ0n) is 12.9. The average molecular weight is 287 g/mol. The minimum absolute atomic E-state index is 0.0765. The highest BCUT2D eigenvalue weighted by atomic mass is 16.5. The maximum atomic E-state index is 12.2. The average Bonchev–Trinajstić information content (AvgIpc) is 2.74. The van der Waals surface area contributed by atoms with Crippen LogP contribution in [0.1, 0.15) is 29.5 Å². The number of nitrogens with zero attached hydrogens (tertiary/aromatic N) is 1. The van der Waals surface area contributed by atoms with E-state index >= 15 is 0 Å². The Morgan fingerprint density at radius 2 is 2.00 bits per heavy atom. The Morgan fingerprint density at radius 3 is 2.62 bits per heavy atom. The summed E-state index contributed by atoms with van der Waals surface area (Å²) in [7, 11) is 0. The number of anilines is 2. The predicted octanol–water partition coefficient (Wildman–Crippen LogP) is 3.21. The summed E-state index contributed by atoms with van der Waals surface area (Å²) >= 11 is 0. The Kier molecular flexibility index (Phi) is 4.62. The van der Waals surface area contributed by atoms with Gasteiger partial charge in [0.15, 0.2) is 0 Å². The lowest BCUT2D eigenvalue weighted by molar-refractivity contribution is -0.115. The third kappa shape index (κ3) is 3.62. The molecule has 1 aromatic heterocycles. The summed E-state index contributed by atoms with van der Waals surface area (Å²) in [4.78, 5) is 12.2. The number of rotatable bonds is 5. The van der Waals surface area contributed by atoms with Crippen LogP contribution in [0.25, 0.3) is 0 Å². The van der Waals surface area contributed by atoms with Crippen molar-refractivity contribution in [2.45, 2.75) is 34.1 Å². The van der Waals surface area contributed by atoms with Crippen LogP contribution in [0.3, 0.4) is 0 Å². The molecule has 112 valence electrons. The molecule has 0 fully saturated rings. The Hall–Kier alpha value is -2.30. The smallest absolute Gasteiger partial charge is 0.229 e. The molecular formula is C16H21N3O2. The summed E-state index contributed by atoms with van der Waals surface area (Å²) in [5.41, 5.74) is 4.49. The number of aromatic nitrogens is 1. The van der Waals surface area contributed by atoms with Gasteiger partial charge in [-0.25, -0.2) is 0 Å². The van der Waals surface area contributed by atoms with Crippen LogP contribution in [-0.4, -0.2) is 17.6 Å². The molecular weight excluding hydrogens is 266 g/mol. The van der Waals surface area contributed by atoms with E-state index in [1.807, 2.05) is 45.9 Å². The van der Waals surface area contributed by atoms with Crippen LogP contribution in [0.5, 0.6) is 0 Å². The van der Waals surface area contributed by atoms with Gasteiger partial charge in [-0.15, -0.1) is 0 Å². The second-order valence-corrected chi connectivity index (χ2v) is 5.11. The first-order chi connectivity index (χ1) is 10.0. The van der Waals surface area contributed by atoms with Crippen molar-refractivity contribution in [3.8, 4) is 0 Å². The van der Waals surface area contributed by atoms with E-state index in [0.29, 0.717) is 5.76 Å². The molecule has 0 unspecified atom stereocenters. The molecule has 0 spiro atoms. The largest absolute Gasteiger partial charge is 0.384 e. The molecule has 2 rings (SSSR count). The van der Waals surface area contributed by atoms with Crippen LogP contribution in [0, 0.1) is 20.8 Å². The molecule has 0 aliphatic heterocycles. The molecule has 0 atom stereocenters. The third-order valence-electron chi connectivity index (χ3n) is 3.33. The summed E-state index contributed by atoms with van der Waals surface area (Å²) in [6.07, 6.45) is 0.264. The molecule has 0 saturated heterocycles. The molecule has 1 heterocycles. The summed E-state index contributed by atoms with van der Waals surface area (Å²) < 4.78 is 5.08. The van der Waals surface area contributed by atoms with Crippen molar-refractivity contribution in [2.24, 2.45) is 0 Å². The normalized spacial score (nSPS) is 10.5. The van der Waals surface area contributed by atoms with Gasteiger partial charge in [-0.3, -0.25) is 4.79 Å². The monoisotopic (exact) mass is 287 g/mol. The molecule has 5 nitrogen and oxygen atoms in total. The van der Waals surface area contributed by atoms with E-state index in [0.717, 1.165) is 34.7 Å². The van der Waals surface area contributed by atoms with E-state index in [1.165, 1.54) is 0 Å². The van der Waals surface area contributed by atoms with Gasteiger partial charge < -0.3 is 15.2 Å². The molecule has 0 bridgehead atoms. The lowest BCUT2D eigenvalue weighted by atomic mass is 10.1. The molecule has 2 aromatic rings. The minimum atomic E-state index is -0.0765. The highest BCUT2D eigenvalue weighted by Crippen LogP contribution is 2.23. The number of carbonyl (C=O) groups excluding carboxylic acids is 1. The molecule has 5 heteroatoms. The predicted molar refractivity (Wildman–Crippen MR) is 83.7 cm³/mol. The van der Waals surface area contributed by atoms with Crippen molar-refractivity contribution in [3.05, 3.63) is 40.8 Å². The number of hydrogen-bond donors (Lipinski definition) is 2. The lowest BCUT2D eigenvalue weighted by Gasteiger charge is -2.13. The van der Waals surface area contributed by atoms with Crippen molar-refractivity contribution in [1.82, 2.24) is 5.16 Å². The number of nitrogens with one attached hydrogen (secondary N) is 2. The first kappa shape index (κ1) is 15.1. The molecule has 0 saturated carbocycles. The van der Waals surface area contributed by atoms with Gasteiger partial charge in [0.2, 0.25) is 5.91 Å². The maximum absolute atomic E-state index is 12.2. The van der Waals surface area contributed by atoms with Gasteiger partial charge in [-0.1, -0.05) is 11.2 Å². The molecule has 0 aliphatic carbocycles. The minimum Gasteiger partial charge on any atom is -0.384 e. The van der Waals surface area contributed by atoms with Crippen LogP contribution < -0.4 is 10.6 Å². The first-order valence-electron chi connectivity index (χ1n) is 7.07. The van der Waals surface area contributed by atoms with E-state index < -0.39 is 0 Å². The molecule has 0 aliphatic rings. The lowest BCUT2D eigenvalue weighted by Crippen LogP contribution is -2.16. The van der Waals surface area contributed by atoms with E-state index in [1.54, 1.807) is 0 Å². The van der Waals surface area contributed by atoms with Gasteiger partial charge in [0, 0.05) is 12.1 Å². The van der Waals surface area contributed by atoms with Gasteiger partial charge in [0.25, 0.3) is 0 Å². The van der Waals surface area contributed by atoms with Gasteiger partial charge in [0.1, 0.15) is 5.76 Å². The zero-order valence-corrected chi connectivity index (χ0v) is 12.9. The van der Waals surface area contributed by atoms with Gasteiger partial charge >= 0.3 is 0 Å². The highest BCUT2D eigenvalue weighted by molar-refractivity contribution is 5.95. The fourth-order valence-corrected chi connectivity index (χ4v) is 2.21. The number of amides is 1. The number of benzene rings is 1. The summed E-state index contributed by atoms with van der Waals surface area (Å²) in [5, 5.41) is 10.1. The third-order valence-corrected chi connectivity index (χ3v) is 3.33. The van der Waals surface area contributed by atoms with Crippen LogP contribution in [0.15, 0.2) is 22.7 Å². The number of aryl methyl sites for hydroxylation is 3. The maximum Gasteiger partial charge on any atom is 0.229 e. The van der Waals surface area contributed by atoms with Crippen LogP contribution >= 0.6 is 0 Å². The van der Waals surface area contributed by atoms with E-state index in [9.17, 15) is 4.79 Å². The Labute approximate surface area is 124 Å². The highest BCUT2D eigenvalue weighted by Gasteiger charge is 2.14. The van der Waals surface area contributed by atoms with Crippen molar-refractivity contribution in [3.63, 3.8) is 0 Å².